The number of nitro benzene ring substituents is 1. The quantitative estimate of drug-likeness (QED) is 0.586. The number of aromatic nitrogens is 3. The summed E-state index contributed by atoms with van der Waals surface area (Å²) in [5.41, 5.74) is 2.37. The van der Waals surface area contributed by atoms with E-state index in [9.17, 15) is 10.1 Å². The van der Waals surface area contributed by atoms with Crippen molar-refractivity contribution in [3.63, 3.8) is 0 Å². The summed E-state index contributed by atoms with van der Waals surface area (Å²) in [5.74, 6) is 0.859. The van der Waals surface area contributed by atoms with Crippen molar-refractivity contribution >= 4 is 22.4 Å². The van der Waals surface area contributed by atoms with Crippen molar-refractivity contribution in [1.29, 1.82) is 0 Å². The second kappa shape index (κ2) is 5.89. The van der Waals surface area contributed by atoms with Crippen molar-refractivity contribution in [3.05, 3.63) is 46.6 Å². The van der Waals surface area contributed by atoms with Gasteiger partial charge in [-0.05, 0) is 18.2 Å². The predicted molar refractivity (Wildman–Crippen MR) is 89.0 cm³/mol. The monoisotopic (exact) mass is 325 g/mol. The van der Waals surface area contributed by atoms with Crippen molar-refractivity contribution in [2.75, 3.05) is 31.2 Å². The van der Waals surface area contributed by atoms with Crippen LogP contribution in [0, 0.1) is 10.1 Å². The van der Waals surface area contributed by atoms with Gasteiger partial charge in [-0.2, -0.15) is 5.10 Å². The van der Waals surface area contributed by atoms with E-state index in [1.54, 1.807) is 18.3 Å². The fourth-order valence-corrected chi connectivity index (χ4v) is 2.87. The molecule has 1 aliphatic heterocycles. The van der Waals surface area contributed by atoms with Crippen molar-refractivity contribution < 1.29 is 9.66 Å². The van der Waals surface area contributed by atoms with Gasteiger partial charge in [-0.3, -0.25) is 15.2 Å². The fraction of sp³-hybridized carbons (Fsp3) is 0.250. The first-order valence-corrected chi connectivity index (χ1v) is 7.64. The lowest BCUT2D eigenvalue weighted by molar-refractivity contribution is -0.384. The Balaban J connectivity index is 1.77. The van der Waals surface area contributed by atoms with Gasteiger partial charge in [0.1, 0.15) is 11.5 Å². The molecule has 1 aromatic carbocycles. The number of ether oxygens (including phenoxy) is 1. The lowest BCUT2D eigenvalue weighted by atomic mass is 10.1. The van der Waals surface area contributed by atoms with E-state index < -0.39 is 4.92 Å². The SMILES string of the molecule is O=[N+]([O-])c1ccc2[nH]nc(-c3ccnc(N4CCOCC4)c3)c2c1. The maximum Gasteiger partial charge on any atom is 0.270 e. The first-order chi connectivity index (χ1) is 11.7. The van der Waals surface area contributed by atoms with E-state index in [4.69, 9.17) is 4.74 Å². The summed E-state index contributed by atoms with van der Waals surface area (Å²) in [7, 11) is 0. The largest absolute Gasteiger partial charge is 0.378 e. The van der Waals surface area contributed by atoms with E-state index >= 15 is 0 Å². The van der Waals surface area contributed by atoms with E-state index in [1.807, 2.05) is 12.1 Å². The molecule has 1 N–H and O–H groups in total. The Labute approximate surface area is 137 Å². The van der Waals surface area contributed by atoms with Crippen LogP contribution in [-0.4, -0.2) is 46.4 Å². The molecule has 8 nitrogen and oxygen atoms in total. The highest BCUT2D eigenvalue weighted by Gasteiger charge is 2.16. The molecule has 122 valence electrons. The number of aromatic amines is 1. The van der Waals surface area contributed by atoms with Crippen LogP contribution in [-0.2, 0) is 4.74 Å². The molecule has 0 saturated carbocycles. The third kappa shape index (κ3) is 2.56. The van der Waals surface area contributed by atoms with E-state index in [1.165, 1.54) is 6.07 Å². The number of rotatable bonds is 3. The van der Waals surface area contributed by atoms with Crippen LogP contribution in [0.25, 0.3) is 22.2 Å². The topological polar surface area (TPSA) is 97.2 Å². The van der Waals surface area contributed by atoms with Crippen LogP contribution in [0.3, 0.4) is 0 Å². The minimum absolute atomic E-state index is 0.0487. The third-order valence-corrected chi connectivity index (χ3v) is 4.11. The van der Waals surface area contributed by atoms with Crippen molar-refractivity contribution in [3.8, 4) is 11.3 Å². The number of nitro groups is 1. The van der Waals surface area contributed by atoms with Crippen molar-refractivity contribution in [1.82, 2.24) is 15.2 Å². The summed E-state index contributed by atoms with van der Waals surface area (Å²) < 4.78 is 5.37. The lowest BCUT2D eigenvalue weighted by Crippen LogP contribution is -2.36. The van der Waals surface area contributed by atoms with Gasteiger partial charge in [-0.25, -0.2) is 4.98 Å². The zero-order chi connectivity index (χ0) is 16.5. The van der Waals surface area contributed by atoms with Gasteiger partial charge in [0.2, 0.25) is 0 Å². The van der Waals surface area contributed by atoms with Crippen LogP contribution in [0.15, 0.2) is 36.5 Å². The smallest absolute Gasteiger partial charge is 0.270 e. The Morgan fingerprint density at radius 3 is 2.83 bits per heavy atom. The number of fused-ring (bicyclic) bond motifs is 1. The third-order valence-electron chi connectivity index (χ3n) is 4.11. The number of H-pyrrole nitrogens is 1. The van der Waals surface area contributed by atoms with Crippen molar-refractivity contribution in [2.24, 2.45) is 0 Å². The van der Waals surface area contributed by atoms with E-state index in [2.05, 4.69) is 20.1 Å². The molecule has 1 saturated heterocycles. The van der Waals surface area contributed by atoms with Crippen molar-refractivity contribution in [2.45, 2.75) is 0 Å². The molecular formula is C16H15N5O3. The fourth-order valence-electron chi connectivity index (χ4n) is 2.87. The molecule has 0 radical (unpaired) electrons. The highest BCUT2D eigenvalue weighted by atomic mass is 16.6. The van der Waals surface area contributed by atoms with Gasteiger partial charge < -0.3 is 9.64 Å². The Hall–Kier alpha value is -3.00. The van der Waals surface area contributed by atoms with Gasteiger partial charge in [-0.15, -0.1) is 0 Å². The number of benzene rings is 1. The minimum atomic E-state index is -0.401. The molecule has 0 unspecified atom stereocenters. The number of anilines is 1. The molecule has 1 aliphatic rings. The minimum Gasteiger partial charge on any atom is -0.378 e. The summed E-state index contributed by atoms with van der Waals surface area (Å²) in [5, 5.41) is 19.0. The van der Waals surface area contributed by atoms with E-state index in [0.29, 0.717) is 18.9 Å². The second-order valence-electron chi connectivity index (χ2n) is 5.56. The number of nitrogens with one attached hydrogen (secondary N) is 1. The van der Waals surface area contributed by atoms with Crippen LogP contribution in [0.5, 0.6) is 0 Å². The molecule has 8 heteroatoms. The molecule has 2 aromatic heterocycles. The average Bonchev–Trinajstić information content (AvgIpc) is 3.05. The van der Waals surface area contributed by atoms with Crippen LogP contribution < -0.4 is 4.90 Å². The average molecular weight is 325 g/mol. The first-order valence-electron chi connectivity index (χ1n) is 7.64. The van der Waals surface area contributed by atoms with Gasteiger partial charge in [0, 0.05) is 42.4 Å². The lowest BCUT2D eigenvalue weighted by Gasteiger charge is -2.27. The number of nitrogens with zero attached hydrogens (tertiary/aromatic N) is 4. The maximum absolute atomic E-state index is 11.0. The van der Waals surface area contributed by atoms with Gasteiger partial charge in [0.05, 0.1) is 23.7 Å². The Bertz CT molecular complexity index is 902. The molecule has 0 atom stereocenters. The van der Waals surface area contributed by atoms with Crippen LogP contribution >= 0.6 is 0 Å². The summed E-state index contributed by atoms with van der Waals surface area (Å²) in [6, 6.07) is 8.51. The molecule has 0 spiro atoms. The standard InChI is InChI=1S/C16H15N5O3/c22-21(23)12-1-2-14-13(10-12)16(19-18-14)11-3-4-17-15(9-11)20-5-7-24-8-6-20/h1-4,9-10H,5-8H2,(H,18,19). The number of non-ortho nitro benzene ring substituents is 1. The van der Waals surface area contributed by atoms with Crippen LogP contribution in [0.4, 0.5) is 11.5 Å². The maximum atomic E-state index is 11.0. The van der Waals surface area contributed by atoms with Crippen LogP contribution in [0.2, 0.25) is 0 Å². The number of hydrogen-bond donors (Lipinski definition) is 1. The molecule has 0 aliphatic carbocycles. The Morgan fingerprint density at radius 2 is 2.04 bits per heavy atom. The molecule has 3 aromatic rings. The summed E-state index contributed by atoms with van der Waals surface area (Å²) in [6.07, 6.45) is 1.73. The molecule has 0 bridgehead atoms. The Morgan fingerprint density at radius 1 is 1.21 bits per heavy atom. The summed E-state index contributed by atoms with van der Waals surface area (Å²) in [4.78, 5) is 17.2. The van der Waals surface area contributed by atoms with Gasteiger partial charge >= 0.3 is 0 Å². The summed E-state index contributed by atoms with van der Waals surface area (Å²) >= 11 is 0. The second-order valence-corrected chi connectivity index (χ2v) is 5.56. The number of hydrogen-bond acceptors (Lipinski definition) is 6. The van der Waals surface area contributed by atoms with Gasteiger partial charge in [-0.1, -0.05) is 0 Å². The van der Waals surface area contributed by atoms with E-state index in [0.717, 1.165) is 35.4 Å². The molecule has 3 heterocycles. The highest BCUT2D eigenvalue weighted by Crippen LogP contribution is 2.30. The molecular weight excluding hydrogens is 310 g/mol. The first kappa shape index (κ1) is 14.6. The zero-order valence-corrected chi connectivity index (χ0v) is 12.8. The molecule has 4 rings (SSSR count). The molecule has 24 heavy (non-hydrogen) atoms. The zero-order valence-electron chi connectivity index (χ0n) is 12.8. The molecule has 1 fully saturated rings. The normalized spacial score (nSPS) is 14.9. The van der Waals surface area contributed by atoms with Gasteiger partial charge in [0.15, 0.2) is 0 Å². The molecule has 0 amide bonds. The number of pyridine rings is 1. The van der Waals surface area contributed by atoms with Gasteiger partial charge in [0.25, 0.3) is 5.69 Å². The predicted octanol–water partition coefficient (Wildman–Crippen LogP) is 2.37. The highest BCUT2D eigenvalue weighted by molar-refractivity contribution is 5.94. The van der Waals surface area contributed by atoms with Crippen LogP contribution in [0.1, 0.15) is 0 Å². The number of morpholine rings is 1. The van der Waals surface area contributed by atoms with E-state index in [-0.39, 0.29) is 5.69 Å². The summed E-state index contributed by atoms with van der Waals surface area (Å²) in [6.45, 7) is 2.96. The Kier molecular flexibility index (Phi) is 3.58.